The molecule has 0 saturated carbocycles. The molecule has 0 spiro atoms. The topological polar surface area (TPSA) is 66.5 Å². The zero-order chi connectivity index (χ0) is 8.69. The van der Waals surface area contributed by atoms with Gasteiger partial charge in [0.2, 0.25) is 0 Å². The first-order chi connectivity index (χ1) is 5.22. The number of hydrogen-bond donors (Lipinski definition) is 3. The van der Waals surface area contributed by atoms with Crippen LogP contribution >= 0.6 is 12.4 Å². The summed E-state index contributed by atoms with van der Waals surface area (Å²) in [4.78, 5) is 0. The number of aromatic hydroxyl groups is 2. The number of halogens is 1. The van der Waals surface area contributed by atoms with Crippen molar-refractivity contribution in [3.63, 3.8) is 0 Å². The van der Waals surface area contributed by atoms with Crippen molar-refractivity contribution in [2.24, 2.45) is 5.73 Å². The van der Waals surface area contributed by atoms with Crippen LogP contribution in [-0.2, 0) is 0 Å². The molecule has 3 nitrogen and oxygen atoms in total. The van der Waals surface area contributed by atoms with Gasteiger partial charge in [0.15, 0.2) is 11.5 Å². The molecule has 70 valence electrons. The molecule has 0 aliphatic carbocycles. The van der Waals surface area contributed by atoms with E-state index in [1.54, 1.807) is 12.1 Å². The molecule has 0 heterocycles. The third kappa shape index (κ3) is 5.82. The average Bonchev–Trinajstić information content (AvgIpc) is 1.97. The van der Waals surface area contributed by atoms with E-state index in [1.165, 1.54) is 12.1 Å². The normalized spacial score (nSPS) is 7.50. The lowest BCUT2D eigenvalue weighted by Gasteiger charge is -1.91. The van der Waals surface area contributed by atoms with E-state index in [2.05, 4.69) is 0 Å². The van der Waals surface area contributed by atoms with Gasteiger partial charge in [-0.05, 0) is 18.7 Å². The maximum absolute atomic E-state index is 8.67. The van der Waals surface area contributed by atoms with E-state index in [1.807, 2.05) is 6.92 Å². The molecule has 12 heavy (non-hydrogen) atoms. The molecule has 0 atom stereocenters. The first-order valence-corrected chi connectivity index (χ1v) is 3.39. The van der Waals surface area contributed by atoms with Crippen molar-refractivity contribution in [3.05, 3.63) is 24.3 Å². The van der Waals surface area contributed by atoms with Crippen molar-refractivity contribution < 1.29 is 10.2 Å². The van der Waals surface area contributed by atoms with Gasteiger partial charge in [0.05, 0.1) is 0 Å². The van der Waals surface area contributed by atoms with Crippen LogP contribution in [0.25, 0.3) is 0 Å². The fourth-order valence-corrected chi connectivity index (χ4v) is 0.464. The van der Waals surface area contributed by atoms with Crippen LogP contribution in [0.2, 0.25) is 0 Å². The summed E-state index contributed by atoms with van der Waals surface area (Å²) in [5, 5.41) is 17.3. The van der Waals surface area contributed by atoms with E-state index < -0.39 is 0 Å². The largest absolute Gasteiger partial charge is 0.504 e. The minimum absolute atomic E-state index is 0. The molecule has 1 aromatic carbocycles. The SMILES string of the molecule is CCN.Cl.Oc1ccccc1O. The van der Waals surface area contributed by atoms with Crippen molar-refractivity contribution >= 4 is 12.4 Å². The third-order valence-corrected chi connectivity index (χ3v) is 0.882. The van der Waals surface area contributed by atoms with Crippen molar-refractivity contribution in [2.75, 3.05) is 6.54 Å². The predicted molar refractivity (Wildman–Crippen MR) is 51.7 cm³/mol. The fourth-order valence-electron chi connectivity index (χ4n) is 0.464. The molecule has 0 saturated heterocycles. The highest BCUT2D eigenvalue weighted by Gasteiger charge is 1.90. The first kappa shape index (κ1) is 13.6. The number of rotatable bonds is 0. The Balaban J connectivity index is 0. The number of hydrogen-bond acceptors (Lipinski definition) is 3. The second kappa shape index (κ2) is 8.17. The monoisotopic (exact) mass is 191 g/mol. The van der Waals surface area contributed by atoms with Crippen LogP contribution in [0.15, 0.2) is 24.3 Å². The highest BCUT2D eigenvalue weighted by atomic mass is 35.5. The minimum atomic E-state index is -0.0764. The summed E-state index contributed by atoms with van der Waals surface area (Å²) in [5.74, 6) is -0.153. The van der Waals surface area contributed by atoms with Crippen molar-refractivity contribution in [3.8, 4) is 11.5 Å². The van der Waals surface area contributed by atoms with Crippen LogP contribution in [0.5, 0.6) is 11.5 Å². The van der Waals surface area contributed by atoms with Gasteiger partial charge < -0.3 is 15.9 Å². The molecule has 0 bridgehead atoms. The molecule has 4 heteroatoms. The molecular formula is C8H14ClNO2. The molecule has 0 unspecified atom stereocenters. The lowest BCUT2D eigenvalue weighted by molar-refractivity contribution is 0.404. The van der Waals surface area contributed by atoms with Crippen LogP contribution in [0.3, 0.4) is 0 Å². The van der Waals surface area contributed by atoms with Gasteiger partial charge in [-0.25, -0.2) is 0 Å². The van der Waals surface area contributed by atoms with Gasteiger partial charge >= 0.3 is 0 Å². The average molecular weight is 192 g/mol. The van der Waals surface area contributed by atoms with Crippen molar-refractivity contribution in [2.45, 2.75) is 6.92 Å². The smallest absolute Gasteiger partial charge is 0.157 e. The molecule has 4 N–H and O–H groups in total. The number of nitrogens with two attached hydrogens (primary N) is 1. The van der Waals surface area contributed by atoms with Crippen LogP contribution in [-0.4, -0.2) is 16.8 Å². The van der Waals surface area contributed by atoms with Crippen LogP contribution in [0.1, 0.15) is 6.92 Å². The van der Waals surface area contributed by atoms with E-state index in [0.717, 1.165) is 6.54 Å². The van der Waals surface area contributed by atoms with Gasteiger partial charge in [0, 0.05) is 0 Å². The minimum Gasteiger partial charge on any atom is -0.504 e. The highest BCUT2D eigenvalue weighted by molar-refractivity contribution is 5.85. The summed E-state index contributed by atoms with van der Waals surface area (Å²) in [7, 11) is 0. The number of para-hydroxylation sites is 2. The Bertz CT molecular complexity index is 185. The van der Waals surface area contributed by atoms with Gasteiger partial charge in [-0.1, -0.05) is 19.1 Å². The van der Waals surface area contributed by atoms with Crippen molar-refractivity contribution in [1.82, 2.24) is 0 Å². The maximum Gasteiger partial charge on any atom is 0.157 e. The number of phenolic OH excluding ortho intramolecular Hbond substituents is 2. The third-order valence-electron chi connectivity index (χ3n) is 0.882. The van der Waals surface area contributed by atoms with E-state index >= 15 is 0 Å². The molecule has 0 aromatic heterocycles. The van der Waals surface area contributed by atoms with E-state index in [0.29, 0.717) is 0 Å². The van der Waals surface area contributed by atoms with Crippen LogP contribution < -0.4 is 5.73 Å². The Labute approximate surface area is 78.2 Å². The molecule has 1 aromatic rings. The Morgan fingerprint density at radius 3 is 1.58 bits per heavy atom. The zero-order valence-electron chi connectivity index (χ0n) is 6.90. The van der Waals surface area contributed by atoms with Crippen LogP contribution in [0, 0.1) is 0 Å². The maximum atomic E-state index is 8.67. The van der Waals surface area contributed by atoms with Gasteiger partial charge in [0.25, 0.3) is 0 Å². The first-order valence-electron chi connectivity index (χ1n) is 3.39. The summed E-state index contributed by atoms with van der Waals surface area (Å²) in [6.45, 7) is 2.65. The van der Waals surface area contributed by atoms with E-state index in [9.17, 15) is 0 Å². The Morgan fingerprint density at radius 2 is 1.42 bits per heavy atom. The van der Waals surface area contributed by atoms with Gasteiger partial charge in [-0.3, -0.25) is 0 Å². The summed E-state index contributed by atoms with van der Waals surface area (Å²) in [6.07, 6.45) is 0. The summed E-state index contributed by atoms with van der Waals surface area (Å²) >= 11 is 0. The summed E-state index contributed by atoms with van der Waals surface area (Å²) in [6, 6.07) is 6.15. The molecule has 0 radical (unpaired) electrons. The van der Waals surface area contributed by atoms with Crippen LogP contribution in [0.4, 0.5) is 0 Å². The molecule has 0 aliphatic heterocycles. The highest BCUT2D eigenvalue weighted by Crippen LogP contribution is 2.21. The van der Waals surface area contributed by atoms with Gasteiger partial charge in [0.1, 0.15) is 0 Å². The number of benzene rings is 1. The second-order valence-electron chi connectivity index (χ2n) is 1.90. The molecular weight excluding hydrogens is 178 g/mol. The lowest BCUT2D eigenvalue weighted by atomic mass is 10.3. The number of phenols is 2. The lowest BCUT2D eigenvalue weighted by Crippen LogP contribution is -1.87. The van der Waals surface area contributed by atoms with Crippen molar-refractivity contribution in [1.29, 1.82) is 0 Å². The summed E-state index contributed by atoms with van der Waals surface area (Å²) in [5.41, 5.74) is 4.85. The molecule has 0 fully saturated rings. The standard InChI is InChI=1S/C6H6O2.C2H7N.ClH/c7-5-3-1-2-4-6(5)8;1-2-3;/h1-4,7-8H;2-3H2,1H3;1H. The van der Waals surface area contributed by atoms with E-state index in [4.69, 9.17) is 15.9 Å². The van der Waals surface area contributed by atoms with Gasteiger partial charge in [-0.15, -0.1) is 12.4 Å². The zero-order valence-corrected chi connectivity index (χ0v) is 7.71. The van der Waals surface area contributed by atoms with E-state index in [-0.39, 0.29) is 23.9 Å². The molecule has 0 amide bonds. The Hall–Kier alpha value is -0.930. The Kier molecular flexibility index (Phi) is 9.29. The quantitative estimate of drug-likeness (QED) is 0.545. The predicted octanol–water partition coefficient (Wildman–Crippen LogP) is 1.48. The fraction of sp³-hybridized carbons (Fsp3) is 0.250. The van der Waals surface area contributed by atoms with Gasteiger partial charge in [-0.2, -0.15) is 0 Å². The molecule has 0 aliphatic rings. The molecule has 1 rings (SSSR count). The summed E-state index contributed by atoms with van der Waals surface area (Å²) < 4.78 is 0. The second-order valence-corrected chi connectivity index (χ2v) is 1.90. The Morgan fingerprint density at radius 1 is 1.17 bits per heavy atom.